The molecule has 2 amide bonds. The van der Waals surface area contributed by atoms with E-state index in [0.29, 0.717) is 6.54 Å². The van der Waals surface area contributed by atoms with E-state index in [4.69, 9.17) is 9.47 Å². The van der Waals surface area contributed by atoms with Crippen LogP contribution in [-0.2, 0) is 32.1 Å². The quantitative estimate of drug-likeness (QED) is 0.570. The average Bonchev–Trinajstić information content (AvgIpc) is 2.76. The molecule has 2 rings (SSSR count). The maximum absolute atomic E-state index is 12.6. The van der Waals surface area contributed by atoms with Gasteiger partial charge in [-0.1, -0.05) is 56.3 Å². The molecule has 0 saturated carbocycles. The fourth-order valence-electron chi connectivity index (χ4n) is 2.88. The minimum Gasteiger partial charge on any atom is -0.497 e. The van der Waals surface area contributed by atoms with Gasteiger partial charge in [-0.2, -0.15) is 0 Å². The summed E-state index contributed by atoms with van der Waals surface area (Å²) in [5.74, 6) is -0.794. The lowest BCUT2D eigenvalue weighted by atomic mass is 10.0. The van der Waals surface area contributed by atoms with Gasteiger partial charge in [-0.15, -0.1) is 0 Å². The van der Waals surface area contributed by atoms with Gasteiger partial charge in [0, 0.05) is 6.54 Å². The Morgan fingerprint density at radius 1 is 0.903 bits per heavy atom. The highest BCUT2D eigenvalue weighted by Gasteiger charge is 2.28. The Balaban J connectivity index is 1.86. The van der Waals surface area contributed by atoms with Gasteiger partial charge >= 0.3 is 5.97 Å². The van der Waals surface area contributed by atoms with Crippen molar-refractivity contribution < 1.29 is 23.9 Å². The van der Waals surface area contributed by atoms with Crippen molar-refractivity contribution in [3.8, 4) is 5.75 Å². The van der Waals surface area contributed by atoms with Crippen LogP contribution in [0.1, 0.15) is 31.9 Å². The Bertz CT molecular complexity index is 865. The van der Waals surface area contributed by atoms with E-state index in [1.807, 2.05) is 56.3 Å². The Morgan fingerprint density at radius 2 is 1.55 bits per heavy atom. The van der Waals surface area contributed by atoms with Crippen molar-refractivity contribution in [2.75, 3.05) is 7.11 Å². The molecule has 0 aromatic heterocycles. The Kier molecular flexibility index (Phi) is 9.06. The van der Waals surface area contributed by atoms with Gasteiger partial charge < -0.3 is 20.1 Å². The second-order valence-corrected chi connectivity index (χ2v) is 7.60. The molecule has 2 N–H and O–H groups in total. The van der Waals surface area contributed by atoms with Crippen LogP contribution in [-0.4, -0.2) is 37.0 Å². The van der Waals surface area contributed by atoms with E-state index in [9.17, 15) is 14.4 Å². The summed E-state index contributed by atoms with van der Waals surface area (Å²) in [5, 5.41) is 5.46. The standard InChI is InChI=1S/C24H30N2O5/c1-16(2)22(26-21(27)14-18-8-6-5-7-9-18)24(29)31-17(3)23(28)25-15-19-10-12-20(30-4)13-11-19/h5-13,16-17,22H,14-15H2,1-4H3,(H,25,28)(H,26,27)/t17-,22-/m0/s1. The molecule has 2 aromatic carbocycles. The highest BCUT2D eigenvalue weighted by Crippen LogP contribution is 2.11. The van der Waals surface area contributed by atoms with Gasteiger partial charge in [0.15, 0.2) is 6.10 Å². The smallest absolute Gasteiger partial charge is 0.329 e. The summed E-state index contributed by atoms with van der Waals surface area (Å²) in [6.45, 7) is 5.42. The number of nitrogens with one attached hydrogen (secondary N) is 2. The third-order valence-corrected chi connectivity index (χ3v) is 4.73. The number of carbonyl (C=O) groups excluding carboxylic acids is 3. The molecule has 0 heterocycles. The molecule has 0 fully saturated rings. The molecule has 0 saturated heterocycles. The number of carbonyl (C=O) groups is 3. The van der Waals surface area contributed by atoms with Gasteiger partial charge in [-0.05, 0) is 36.1 Å². The predicted octanol–water partition coefficient (Wildman–Crippen LogP) is 2.63. The van der Waals surface area contributed by atoms with Crippen LogP contribution in [0, 0.1) is 5.92 Å². The molecule has 0 aliphatic carbocycles. The topological polar surface area (TPSA) is 93.7 Å². The van der Waals surface area contributed by atoms with Crippen molar-refractivity contribution in [2.45, 2.75) is 45.9 Å². The highest BCUT2D eigenvalue weighted by molar-refractivity contribution is 5.88. The summed E-state index contributed by atoms with van der Waals surface area (Å²) in [5.41, 5.74) is 1.74. The fraction of sp³-hybridized carbons (Fsp3) is 0.375. The molecule has 2 atom stereocenters. The van der Waals surface area contributed by atoms with Crippen LogP contribution < -0.4 is 15.4 Å². The summed E-state index contributed by atoms with van der Waals surface area (Å²) in [6, 6.07) is 15.7. The zero-order valence-electron chi connectivity index (χ0n) is 18.4. The highest BCUT2D eigenvalue weighted by atomic mass is 16.5. The van der Waals surface area contributed by atoms with Crippen LogP contribution in [0.5, 0.6) is 5.75 Å². The number of ether oxygens (including phenoxy) is 2. The number of hydrogen-bond acceptors (Lipinski definition) is 5. The van der Waals surface area contributed by atoms with Crippen molar-refractivity contribution in [3.05, 3.63) is 65.7 Å². The molecule has 7 nitrogen and oxygen atoms in total. The molecule has 0 aliphatic rings. The first-order valence-corrected chi connectivity index (χ1v) is 10.2. The number of esters is 1. The lowest BCUT2D eigenvalue weighted by molar-refractivity contribution is -0.158. The molecule has 2 aromatic rings. The molecule has 0 aliphatic heterocycles. The first kappa shape index (κ1) is 23.9. The SMILES string of the molecule is COc1ccc(CNC(=O)[C@H](C)OC(=O)[C@@H](NC(=O)Cc2ccccc2)C(C)C)cc1. The fourth-order valence-corrected chi connectivity index (χ4v) is 2.88. The van der Waals surface area contributed by atoms with Gasteiger partial charge in [-0.25, -0.2) is 4.79 Å². The van der Waals surface area contributed by atoms with Crippen molar-refractivity contribution in [2.24, 2.45) is 5.92 Å². The normalized spacial score (nSPS) is 12.5. The first-order valence-electron chi connectivity index (χ1n) is 10.2. The lowest BCUT2D eigenvalue weighted by Crippen LogP contribution is -2.48. The molecule has 0 radical (unpaired) electrons. The minimum absolute atomic E-state index is 0.162. The van der Waals surface area contributed by atoms with E-state index in [1.54, 1.807) is 19.2 Å². The van der Waals surface area contributed by atoms with Crippen molar-refractivity contribution >= 4 is 17.8 Å². The first-order chi connectivity index (χ1) is 14.8. The van der Waals surface area contributed by atoms with E-state index in [2.05, 4.69) is 10.6 Å². The number of methoxy groups -OCH3 is 1. The van der Waals surface area contributed by atoms with Gasteiger partial charge in [0.05, 0.1) is 13.5 Å². The zero-order valence-corrected chi connectivity index (χ0v) is 18.4. The minimum atomic E-state index is -0.988. The molecular weight excluding hydrogens is 396 g/mol. The average molecular weight is 427 g/mol. The van der Waals surface area contributed by atoms with Gasteiger partial charge in [0.25, 0.3) is 5.91 Å². The van der Waals surface area contributed by atoms with Gasteiger partial charge in [0.2, 0.25) is 5.91 Å². The Morgan fingerprint density at radius 3 is 2.13 bits per heavy atom. The third kappa shape index (κ3) is 7.77. The van der Waals surface area contributed by atoms with Crippen LogP contribution in [0.25, 0.3) is 0 Å². The van der Waals surface area contributed by atoms with Crippen LogP contribution >= 0.6 is 0 Å². The molecule has 31 heavy (non-hydrogen) atoms. The van der Waals surface area contributed by atoms with Gasteiger partial charge in [0.1, 0.15) is 11.8 Å². The third-order valence-electron chi connectivity index (χ3n) is 4.73. The number of hydrogen-bond donors (Lipinski definition) is 2. The van der Waals surface area contributed by atoms with E-state index >= 15 is 0 Å². The predicted molar refractivity (Wildman–Crippen MR) is 117 cm³/mol. The molecular formula is C24H30N2O5. The van der Waals surface area contributed by atoms with Crippen LogP contribution in [0.3, 0.4) is 0 Å². The number of amides is 2. The van der Waals surface area contributed by atoms with E-state index in [-0.39, 0.29) is 18.2 Å². The Hall–Kier alpha value is -3.35. The number of rotatable bonds is 10. The number of benzene rings is 2. The van der Waals surface area contributed by atoms with Crippen LogP contribution in [0.15, 0.2) is 54.6 Å². The van der Waals surface area contributed by atoms with E-state index in [1.165, 1.54) is 6.92 Å². The van der Waals surface area contributed by atoms with E-state index < -0.39 is 24.0 Å². The maximum Gasteiger partial charge on any atom is 0.329 e. The largest absolute Gasteiger partial charge is 0.497 e. The monoisotopic (exact) mass is 426 g/mol. The zero-order chi connectivity index (χ0) is 22.8. The van der Waals surface area contributed by atoms with Crippen LogP contribution in [0.2, 0.25) is 0 Å². The summed E-state index contributed by atoms with van der Waals surface area (Å²) in [7, 11) is 1.58. The van der Waals surface area contributed by atoms with Crippen molar-refractivity contribution in [1.82, 2.24) is 10.6 Å². The van der Waals surface area contributed by atoms with E-state index in [0.717, 1.165) is 16.9 Å². The molecule has 7 heteroatoms. The second-order valence-electron chi connectivity index (χ2n) is 7.60. The van der Waals surface area contributed by atoms with Gasteiger partial charge in [-0.3, -0.25) is 9.59 Å². The summed E-state index contributed by atoms with van der Waals surface area (Å²) < 4.78 is 10.4. The molecule has 166 valence electrons. The van der Waals surface area contributed by atoms with Crippen LogP contribution in [0.4, 0.5) is 0 Å². The second kappa shape index (κ2) is 11.7. The summed E-state index contributed by atoms with van der Waals surface area (Å²) in [6.07, 6.45) is -0.826. The maximum atomic E-state index is 12.6. The summed E-state index contributed by atoms with van der Waals surface area (Å²) >= 11 is 0. The Labute approximate surface area is 183 Å². The summed E-state index contributed by atoms with van der Waals surface area (Å²) in [4.78, 5) is 37.3. The molecule has 0 spiro atoms. The van der Waals surface area contributed by atoms with Crippen molar-refractivity contribution in [3.63, 3.8) is 0 Å². The molecule has 0 bridgehead atoms. The van der Waals surface area contributed by atoms with Crippen molar-refractivity contribution in [1.29, 1.82) is 0 Å². The molecule has 0 unspecified atom stereocenters. The lowest BCUT2D eigenvalue weighted by Gasteiger charge is -2.23.